The zero-order valence-electron chi connectivity index (χ0n) is 14.6. The molecule has 1 aromatic heterocycles. The summed E-state index contributed by atoms with van der Waals surface area (Å²) in [5.74, 6) is -0.0992. The van der Waals surface area contributed by atoms with Crippen molar-refractivity contribution < 1.29 is 5.11 Å². The van der Waals surface area contributed by atoms with Gasteiger partial charge in [-0.05, 0) is 64.5 Å². The minimum Gasteiger partial charge on any atom is -0.494 e. The highest BCUT2D eigenvalue weighted by Gasteiger charge is 2.14. The molecule has 0 aromatic carbocycles. The second-order valence-electron chi connectivity index (χ2n) is 6.41. The number of aliphatic imine (C=N–C) groups is 1. The quantitative estimate of drug-likeness (QED) is 0.450. The van der Waals surface area contributed by atoms with E-state index in [1.165, 1.54) is 38.6 Å². The molecule has 2 heterocycles. The number of hydrogen-bond acceptors (Lipinski definition) is 5. The Balaban J connectivity index is 2.00. The molecule has 1 fully saturated rings. The van der Waals surface area contributed by atoms with Crippen molar-refractivity contribution in [3.8, 4) is 5.88 Å². The zero-order chi connectivity index (χ0) is 17.5. The van der Waals surface area contributed by atoms with Crippen molar-refractivity contribution in [2.75, 3.05) is 26.2 Å². The van der Waals surface area contributed by atoms with Crippen molar-refractivity contribution in [1.82, 2.24) is 14.5 Å². The molecule has 2 N–H and O–H groups in total. The summed E-state index contributed by atoms with van der Waals surface area (Å²) in [6, 6.07) is 0.0144. The number of likely N-dealkylation sites (tertiary alicyclic amines) is 1. The maximum Gasteiger partial charge on any atom is 0.264 e. The van der Waals surface area contributed by atoms with Gasteiger partial charge in [-0.2, -0.15) is 0 Å². The Morgan fingerprint density at radius 1 is 1.38 bits per heavy atom. The van der Waals surface area contributed by atoms with Crippen LogP contribution >= 0.6 is 12.2 Å². The van der Waals surface area contributed by atoms with Crippen LogP contribution in [0.1, 0.15) is 57.6 Å². The predicted molar refractivity (Wildman–Crippen MR) is 99.9 cm³/mol. The lowest BCUT2D eigenvalue weighted by Gasteiger charge is -2.25. The highest BCUT2D eigenvalue weighted by molar-refractivity contribution is 7.71. The van der Waals surface area contributed by atoms with Crippen LogP contribution in [0.2, 0.25) is 0 Å². The van der Waals surface area contributed by atoms with Gasteiger partial charge < -0.3 is 10.0 Å². The third-order valence-corrected chi connectivity index (χ3v) is 4.91. The van der Waals surface area contributed by atoms with Crippen LogP contribution < -0.4 is 5.56 Å². The van der Waals surface area contributed by atoms with Crippen molar-refractivity contribution in [2.45, 2.75) is 52.0 Å². The number of hydrogen-bond donors (Lipinski definition) is 2. The van der Waals surface area contributed by atoms with Gasteiger partial charge in [-0.3, -0.25) is 19.3 Å². The van der Waals surface area contributed by atoms with Crippen LogP contribution in [0.4, 0.5) is 0 Å². The van der Waals surface area contributed by atoms with Crippen molar-refractivity contribution in [3.05, 3.63) is 20.7 Å². The van der Waals surface area contributed by atoms with Gasteiger partial charge in [0.25, 0.3) is 5.56 Å². The van der Waals surface area contributed by atoms with Crippen molar-refractivity contribution in [1.29, 1.82) is 0 Å². The van der Waals surface area contributed by atoms with E-state index in [4.69, 9.17) is 12.2 Å². The first-order valence-corrected chi connectivity index (χ1v) is 9.25. The Morgan fingerprint density at radius 3 is 2.75 bits per heavy atom. The van der Waals surface area contributed by atoms with Crippen LogP contribution in [0.25, 0.3) is 0 Å². The normalized spacial score (nSPS) is 17.4. The van der Waals surface area contributed by atoms with Crippen LogP contribution in [0.3, 0.4) is 0 Å². The van der Waals surface area contributed by atoms with E-state index in [2.05, 4.69) is 14.9 Å². The molecule has 1 aliphatic rings. The summed E-state index contributed by atoms with van der Waals surface area (Å²) in [5.41, 5.74) is -0.210. The molecule has 0 amide bonds. The molecule has 0 radical (unpaired) electrons. The first-order valence-electron chi connectivity index (χ1n) is 8.84. The van der Waals surface area contributed by atoms with Gasteiger partial charge in [0.2, 0.25) is 5.88 Å². The number of H-pyrrole nitrogens is 1. The molecule has 7 heteroatoms. The fraction of sp³-hybridized carbons (Fsp3) is 0.706. The van der Waals surface area contributed by atoms with Crippen molar-refractivity contribution in [2.24, 2.45) is 4.99 Å². The lowest BCUT2D eigenvalue weighted by atomic mass is 10.1. The number of piperidine rings is 1. The standard InChI is InChI=1S/C17H28N4O2S/c1-3-13(2)21-16(23)14(15(22)19-17(21)24)12-18-8-7-11-20-9-5-4-6-10-20/h12-13,23H,3-11H2,1-2H3,(H,19,22,24). The molecule has 1 saturated heterocycles. The van der Waals surface area contributed by atoms with Crippen molar-refractivity contribution >= 4 is 18.4 Å². The van der Waals surface area contributed by atoms with Crippen LogP contribution in [0.5, 0.6) is 5.88 Å². The molecular weight excluding hydrogens is 324 g/mol. The van der Waals surface area contributed by atoms with Gasteiger partial charge in [0.1, 0.15) is 5.56 Å². The number of nitrogens with zero attached hydrogens (tertiary/aromatic N) is 3. The third-order valence-electron chi connectivity index (χ3n) is 4.62. The second-order valence-corrected chi connectivity index (χ2v) is 6.80. The molecule has 0 bridgehead atoms. The Labute approximate surface area is 148 Å². The van der Waals surface area contributed by atoms with Gasteiger partial charge in [0.05, 0.1) is 0 Å². The van der Waals surface area contributed by atoms with E-state index >= 15 is 0 Å². The first kappa shape index (κ1) is 18.9. The van der Waals surface area contributed by atoms with Gasteiger partial charge in [-0.15, -0.1) is 0 Å². The molecule has 1 aliphatic heterocycles. The molecular formula is C17H28N4O2S. The summed E-state index contributed by atoms with van der Waals surface area (Å²) in [6.07, 6.45) is 7.15. The van der Waals surface area contributed by atoms with E-state index in [1.807, 2.05) is 13.8 Å². The van der Waals surface area contributed by atoms with E-state index in [-0.39, 0.29) is 22.3 Å². The molecule has 1 atom stereocenters. The van der Waals surface area contributed by atoms with Gasteiger partial charge in [0.15, 0.2) is 4.77 Å². The lowest BCUT2D eigenvalue weighted by molar-refractivity contribution is 0.228. The van der Waals surface area contributed by atoms with Gasteiger partial charge >= 0.3 is 0 Å². The molecule has 24 heavy (non-hydrogen) atoms. The number of aromatic nitrogens is 2. The van der Waals surface area contributed by atoms with E-state index in [1.54, 1.807) is 4.57 Å². The van der Waals surface area contributed by atoms with E-state index in [0.29, 0.717) is 6.54 Å². The number of rotatable bonds is 7. The topological polar surface area (TPSA) is 73.6 Å². The van der Waals surface area contributed by atoms with Crippen LogP contribution in [-0.2, 0) is 0 Å². The fourth-order valence-corrected chi connectivity index (χ4v) is 3.34. The molecule has 6 nitrogen and oxygen atoms in total. The van der Waals surface area contributed by atoms with Crippen molar-refractivity contribution in [3.63, 3.8) is 0 Å². The van der Waals surface area contributed by atoms with Gasteiger partial charge in [0, 0.05) is 18.8 Å². The average molecular weight is 353 g/mol. The average Bonchev–Trinajstić information content (AvgIpc) is 2.57. The van der Waals surface area contributed by atoms with E-state index < -0.39 is 5.56 Å². The smallest absolute Gasteiger partial charge is 0.264 e. The Bertz CT molecular complexity index is 674. The second kappa shape index (κ2) is 9.13. The number of aromatic amines is 1. The fourth-order valence-electron chi connectivity index (χ4n) is 2.98. The Hall–Kier alpha value is -1.47. The Kier molecular flexibility index (Phi) is 7.17. The number of aromatic hydroxyl groups is 1. The third kappa shape index (κ3) is 4.77. The molecule has 1 unspecified atom stereocenters. The maximum atomic E-state index is 12.0. The monoisotopic (exact) mass is 352 g/mol. The van der Waals surface area contributed by atoms with Gasteiger partial charge in [-0.25, -0.2) is 0 Å². The van der Waals surface area contributed by atoms with Crippen LogP contribution in [-0.4, -0.2) is 52.0 Å². The summed E-state index contributed by atoms with van der Waals surface area (Å²) in [7, 11) is 0. The van der Waals surface area contributed by atoms with Gasteiger partial charge in [-0.1, -0.05) is 13.3 Å². The zero-order valence-corrected chi connectivity index (χ0v) is 15.4. The van der Waals surface area contributed by atoms with Crippen LogP contribution in [0, 0.1) is 4.77 Å². The minimum atomic E-state index is -0.392. The minimum absolute atomic E-state index is 0.0144. The number of nitrogens with one attached hydrogen (secondary N) is 1. The van der Waals surface area contributed by atoms with Crippen LogP contribution in [0.15, 0.2) is 9.79 Å². The molecule has 1 aromatic rings. The summed E-state index contributed by atoms with van der Waals surface area (Å²) in [6.45, 7) is 8.00. The summed E-state index contributed by atoms with van der Waals surface area (Å²) in [5, 5.41) is 10.4. The summed E-state index contributed by atoms with van der Waals surface area (Å²) < 4.78 is 1.82. The lowest BCUT2D eigenvalue weighted by Crippen LogP contribution is -2.30. The first-order chi connectivity index (χ1) is 11.5. The SMILES string of the molecule is CCC(C)n1c(O)c(C=NCCCN2CCCCC2)c(=O)[nH]c1=S. The molecule has 0 aliphatic carbocycles. The molecule has 134 valence electrons. The highest BCUT2D eigenvalue weighted by atomic mass is 32.1. The largest absolute Gasteiger partial charge is 0.494 e. The maximum absolute atomic E-state index is 12.0. The summed E-state index contributed by atoms with van der Waals surface area (Å²) in [4.78, 5) is 21.4. The molecule has 2 rings (SSSR count). The predicted octanol–water partition coefficient (Wildman–Crippen LogP) is 2.88. The Morgan fingerprint density at radius 2 is 2.08 bits per heavy atom. The molecule has 0 spiro atoms. The van der Waals surface area contributed by atoms with E-state index in [9.17, 15) is 9.90 Å². The van der Waals surface area contributed by atoms with E-state index in [0.717, 1.165) is 19.4 Å². The highest BCUT2D eigenvalue weighted by Crippen LogP contribution is 2.20. The molecule has 0 saturated carbocycles. The summed E-state index contributed by atoms with van der Waals surface area (Å²) >= 11 is 5.15.